The predicted molar refractivity (Wildman–Crippen MR) is 84.0 cm³/mol. The number of carboxylic acid groups (broad SMARTS) is 1. The summed E-state index contributed by atoms with van der Waals surface area (Å²) in [5.74, 6) is -0.564. The fourth-order valence-electron chi connectivity index (χ4n) is 2.46. The third-order valence-electron chi connectivity index (χ3n) is 3.75. The highest BCUT2D eigenvalue weighted by Gasteiger charge is 2.29. The number of amides is 1. The predicted octanol–water partition coefficient (Wildman–Crippen LogP) is 3.20. The van der Waals surface area contributed by atoms with E-state index in [1.165, 1.54) is 26.7 Å². The van der Waals surface area contributed by atoms with Crippen LogP contribution >= 0.6 is 11.3 Å². The molecule has 116 valence electrons. The van der Waals surface area contributed by atoms with Gasteiger partial charge in [0.1, 0.15) is 6.54 Å². The number of carbonyl (C=O) groups is 2. The number of aliphatic carboxylic acids is 1. The van der Waals surface area contributed by atoms with Gasteiger partial charge in [0.05, 0.1) is 4.88 Å². The molecular formula is C16H23NO3S. The number of hydrogen-bond acceptors (Lipinski definition) is 3. The molecule has 0 atom stereocenters. The van der Waals surface area contributed by atoms with Gasteiger partial charge in [-0.3, -0.25) is 9.59 Å². The Labute approximate surface area is 129 Å². The SMILES string of the molecule is CCCc1sc(C(=O)N(CC(=O)O)CC2CC2)cc1CC. The Bertz CT molecular complexity index is 520. The molecule has 1 fully saturated rings. The Hall–Kier alpha value is -1.36. The minimum atomic E-state index is -0.940. The van der Waals surface area contributed by atoms with Crippen LogP contribution < -0.4 is 0 Å². The smallest absolute Gasteiger partial charge is 0.323 e. The molecule has 0 aliphatic heterocycles. The molecular weight excluding hydrogens is 286 g/mol. The minimum Gasteiger partial charge on any atom is -0.480 e. The van der Waals surface area contributed by atoms with Crippen LogP contribution in [0, 0.1) is 5.92 Å². The second kappa shape index (κ2) is 7.07. The van der Waals surface area contributed by atoms with Crippen molar-refractivity contribution in [3.8, 4) is 0 Å². The van der Waals surface area contributed by atoms with Crippen LogP contribution in [0.1, 0.15) is 53.2 Å². The lowest BCUT2D eigenvalue weighted by molar-refractivity contribution is -0.137. The summed E-state index contributed by atoms with van der Waals surface area (Å²) in [6.45, 7) is 4.60. The summed E-state index contributed by atoms with van der Waals surface area (Å²) in [4.78, 5) is 27.1. The van der Waals surface area contributed by atoms with Gasteiger partial charge in [0.2, 0.25) is 0 Å². The average molecular weight is 309 g/mol. The van der Waals surface area contributed by atoms with Gasteiger partial charge in [0.25, 0.3) is 5.91 Å². The Kier molecular flexibility index (Phi) is 5.39. The molecule has 1 amide bonds. The minimum absolute atomic E-state index is 0.119. The Morgan fingerprint density at radius 3 is 2.62 bits per heavy atom. The van der Waals surface area contributed by atoms with Gasteiger partial charge in [0, 0.05) is 11.4 Å². The highest BCUT2D eigenvalue weighted by atomic mass is 32.1. The largest absolute Gasteiger partial charge is 0.480 e. The van der Waals surface area contributed by atoms with E-state index in [4.69, 9.17) is 5.11 Å². The second-order valence-corrected chi connectivity index (χ2v) is 6.82. The van der Waals surface area contributed by atoms with Gasteiger partial charge in [-0.05, 0) is 43.2 Å². The maximum Gasteiger partial charge on any atom is 0.323 e. The summed E-state index contributed by atoms with van der Waals surface area (Å²) in [7, 11) is 0. The average Bonchev–Trinajstić information content (AvgIpc) is 3.16. The molecule has 0 radical (unpaired) electrons. The maximum atomic E-state index is 12.6. The summed E-state index contributed by atoms with van der Waals surface area (Å²) < 4.78 is 0. The van der Waals surface area contributed by atoms with Gasteiger partial charge in [0.15, 0.2) is 0 Å². The van der Waals surface area contributed by atoms with Crippen LogP contribution in [0.4, 0.5) is 0 Å². The zero-order valence-electron chi connectivity index (χ0n) is 12.7. The van der Waals surface area contributed by atoms with E-state index in [0.717, 1.165) is 32.1 Å². The lowest BCUT2D eigenvalue weighted by atomic mass is 10.1. The molecule has 21 heavy (non-hydrogen) atoms. The van der Waals surface area contributed by atoms with Crippen molar-refractivity contribution in [2.75, 3.05) is 13.1 Å². The monoisotopic (exact) mass is 309 g/mol. The molecule has 2 rings (SSSR count). The fourth-order valence-corrected chi connectivity index (χ4v) is 3.78. The molecule has 0 saturated heterocycles. The van der Waals surface area contributed by atoms with Crippen LogP contribution in [-0.4, -0.2) is 35.0 Å². The van der Waals surface area contributed by atoms with Gasteiger partial charge < -0.3 is 10.0 Å². The number of carboxylic acids is 1. The van der Waals surface area contributed by atoms with Gasteiger partial charge in [-0.15, -0.1) is 11.3 Å². The molecule has 4 nitrogen and oxygen atoms in total. The van der Waals surface area contributed by atoms with Crippen molar-refractivity contribution in [3.05, 3.63) is 21.4 Å². The normalized spacial score (nSPS) is 14.2. The van der Waals surface area contributed by atoms with Crippen LogP contribution in [-0.2, 0) is 17.6 Å². The topological polar surface area (TPSA) is 57.6 Å². The third kappa shape index (κ3) is 4.30. The third-order valence-corrected chi connectivity index (χ3v) is 4.98. The first-order valence-corrected chi connectivity index (χ1v) is 8.49. The van der Waals surface area contributed by atoms with E-state index in [0.29, 0.717) is 17.3 Å². The van der Waals surface area contributed by atoms with Crippen LogP contribution in [0.2, 0.25) is 0 Å². The summed E-state index contributed by atoms with van der Waals surface area (Å²) in [5, 5.41) is 9.01. The fraction of sp³-hybridized carbons (Fsp3) is 0.625. The molecule has 1 heterocycles. The Balaban J connectivity index is 2.16. The number of hydrogen-bond donors (Lipinski definition) is 1. The molecule has 0 spiro atoms. The molecule has 5 heteroatoms. The van der Waals surface area contributed by atoms with Gasteiger partial charge in [-0.2, -0.15) is 0 Å². The molecule has 1 aromatic heterocycles. The van der Waals surface area contributed by atoms with Gasteiger partial charge >= 0.3 is 5.97 Å². The van der Waals surface area contributed by atoms with Crippen LogP contribution in [0.3, 0.4) is 0 Å². The molecule has 1 aromatic rings. The number of nitrogens with zero attached hydrogens (tertiary/aromatic N) is 1. The number of aryl methyl sites for hydroxylation is 2. The van der Waals surface area contributed by atoms with Crippen LogP contribution in [0.5, 0.6) is 0 Å². The number of carbonyl (C=O) groups excluding carboxylic acids is 1. The van der Waals surface area contributed by atoms with E-state index in [-0.39, 0.29) is 12.5 Å². The van der Waals surface area contributed by atoms with Crippen molar-refractivity contribution in [1.82, 2.24) is 4.90 Å². The highest BCUT2D eigenvalue weighted by molar-refractivity contribution is 7.14. The molecule has 0 unspecified atom stereocenters. The highest BCUT2D eigenvalue weighted by Crippen LogP contribution is 2.31. The molecule has 1 aliphatic carbocycles. The Morgan fingerprint density at radius 2 is 2.10 bits per heavy atom. The van der Waals surface area contributed by atoms with Crippen molar-refractivity contribution in [3.63, 3.8) is 0 Å². The molecule has 0 aromatic carbocycles. The first-order chi connectivity index (χ1) is 10.0. The van der Waals surface area contributed by atoms with E-state index in [2.05, 4.69) is 13.8 Å². The van der Waals surface area contributed by atoms with E-state index >= 15 is 0 Å². The first kappa shape index (κ1) is 16.0. The van der Waals surface area contributed by atoms with Crippen LogP contribution in [0.15, 0.2) is 6.07 Å². The van der Waals surface area contributed by atoms with Crippen LogP contribution in [0.25, 0.3) is 0 Å². The van der Waals surface area contributed by atoms with E-state index in [9.17, 15) is 9.59 Å². The van der Waals surface area contributed by atoms with E-state index in [1.54, 1.807) is 0 Å². The first-order valence-electron chi connectivity index (χ1n) is 7.67. The molecule has 1 aliphatic rings. The number of rotatable bonds is 8. The second-order valence-electron chi connectivity index (χ2n) is 5.69. The summed E-state index contributed by atoms with van der Waals surface area (Å²) in [6, 6.07) is 1.96. The van der Waals surface area contributed by atoms with Crippen molar-refractivity contribution in [1.29, 1.82) is 0 Å². The van der Waals surface area contributed by atoms with E-state index in [1.807, 2.05) is 6.07 Å². The zero-order valence-corrected chi connectivity index (χ0v) is 13.5. The lowest BCUT2D eigenvalue weighted by Gasteiger charge is -2.19. The van der Waals surface area contributed by atoms with Crippen molar-refractivity contribution in [2.24, 2.45) is 5.92 Å². The van der Waals surface area contributed by atoms with Crippen molar-refractivity contribution in [2.45, 2.75) is 46.0 Å². The Morgan fingerprint density at radius 1 is 1.38 bits per heavy atom. The van der Waals surface area contributed by atoms with Gasteiger partial charge in [-0.25, -0.2) is 0 Å². The summed E-state index contributed by atoms with van der Waals surface area (Å²) >= 11 is 1.54. The quantitative estimate of drug-likeness (QED) is 0.802. The maximum absolute atomic E-state index is 12.6. The molecule has 0 bridgehead atoms. The standard InChI is InChI=1S/C16H23NO3S/c1-3-5-13-12(4-2)8-14(21-13)16(20)17(10-15(18)19)9-11-6-7-11/h8,11H,3-7,9-10H2,1-2H3,(H,18,19). The zero-order chi connectivity index (χ0) is 15.4. The summed E-state index contributed by atoms with van der Waals surface area (Å²) in [5.41, 5.74) is 1.23. The van der Waals surface area contributed by atoms with E-state index < -0.39 is 5.97 Å². The van der Waals surface area contributed by atoms with Gasteiger partial charge in [-0.1, -0.05) is 20.3 Å². The van der Waals surface area contributed by atoms with Crippen molar-refractivity contribution < 1.29 is 14.7 Å². The molecule has 1 N–H and O–H groups in total. The lowest BCUT2D eigenvalue weighted by Crippen LogP contribution is -2.36. The summed E-state index contributed by atoms with van der Waals surface area (Å²) in [6.07, 6.45) is 5.18. The molecule has 1 saturated carbocycles. The van der Waals surface area contributed by atoms with Crippen molar-refractivity contribution >= 4 is 23.2 Å². The number of thiophene rings is 1.